The third kappa shape index (κ3) is 2.65. The van der Waals surface area contributed by atoms with Crippen LogP contribution in [-0.4, -0.2) is 34.5 Å². The lowest BCUT2D eigenvalue weighted by molar-refractivity contribution is 0.422. The Morgan fingerprint density at radius 1 is 1.07 bits per heavy atom. The van der Waals surface area contributed by atoms with Crippen LogP contribution in [0.25, 0.3) is 28.7 Å². The van der Waals surface area contributed by atoms with Gasteiger partial charge in [-0.1, -0.05) is 47.1 Å². The molecule has 0 radical (unpaired) electrons. The molecule has 0 spiro atoms. The molecule has 6 rings (SSSR count). The summed E-state index contributed by atoms with van der Waals surface area (Å²) in [7, 11) is 0. The number of aromatic nitrogens is 7. The van der Waals surface area contributed by atoms with Gasteiger partial charge in [-0.05, 0) is 24.6 Å². The summed E-state index contributed by atoms with van der Waals surface area (Å²) in [4.78, 5) is 13.7. The second-order valence-corrected chi connectivity index (χ2v) is 7.35. The van der Waals surface area contributed by atoms with Crippen LogP contribution in [0, 0.1) is 6.92 Å². The lowest BCUT2D eigenvalue weighted by atomic mass is 10.1. The number of hydrogen-bond acceptors (Lipinski definition) is 6. The highest BCUT2D eigenvalue weighted by molar-refractivity contribution is 5.71. The average molecular weight is 395 g/mol. The van der Waals surface area contributed by atoms with Gasteiger partial charge in [0.25, 0.3) is 5.89 Å². The number of rotatable bonds is 3. The van der Waals surface area contributed by atoms with Crippen LogP contribution < -0.4 is 0 Å². The second kappa shape index (κ2) is 6.48. The monoisotopic (exact) mass is 395 g/mol. The van der Waals surface area contributed by atoms with Crippen LogP contribution in [0.1, 0.15) is 22.6 Å². The Kier molecular flexibility index (Phi) is 3.64. The molecule has 8 heteroatoms. The Bertz CT molecular complexity index is 1360. The highest BCUT2D eigenvalue weighted by Gasteiger charge is 2.26. The van der Waals surface area contributed by atoms with Gasteiger partial charge < -0.3 is 4.52 Å². The van der Waals surface area contributed by atoms with Crippen LogP contribution in [0.15, 0.2) is 65.7 Å². The van der Waals surface area contributed by atoms with Gasteiger partial charge in [-0.2, -0.15) is 10.1 Å². The van der Waals surface area contributed by atoms with Gasteiger partial charge >= 0.3 is 0 Å². The van der Waals surface area contributed by atoms with Crippen molar-refractivity contribution in [2.24, 2.45) is 0 Å². The fourth-order valence-electron chi connectivity index (χ4n) is 3.88. The average Bonchev–Trinajstić information content (AvgIpc) is 3.48. The van der Waals surface area contributed by atoms with E-state index in [1.807, 2.05) is 35.0 Å². The molecule has 0 amide bonds. The zero-order valence-electron chi connectivity index (χ0n) is 16.2. The summed E-state index contributed by atoms with van der Waals surface area (Å²) in [6, 6.07) is 16.4. The van der Waals surface area contributed by atoms with Gasteiger partial charge in [0.05, 0.1) is 17.9 Å². The van der Waals surface area contributed by atoms with Gasteiger partial charge in [-0.3, -0.25) is 4.57 Å². The molecule has 4 heterocycles. The van der Waals surface area contributed by atoms with Crippen molar-refractivity contribution < 1.29 is 4.52 Å². The van der Waals surface area contributed by atoms with Gasteiger partial charge in [0.15, 0.2) is 17.3 Å². The molecule has 3 aromatic heterocycles. The second-order valence-electron chi connectivity index (χ2n) is 7.35. The first-order chi connectivity index (χ1) is 14.8. The standard InChI is InChI=1S/C22H17N7O/c1-14-7-8-17-16(9-14)21-23-12-25-29(21)11-18-20(24-13-28(17)18)22-26-19(27-30-22)10-15-5-3-2-4-6-15/h2-9,12-13H,10-11H2,1H3. The van der Waals surface area contributed by atoms with E-state index in [1.165, 1.54) is 0 Å². The summed E-state index contributed by atoms with van der Waals surface area (Å²) in [5.74, 6) is 1.87. The summed E-state index contributed by atoms with van der Waals surface area (Å²) >= 11 is 0. The number of imidazole rings is 1. The molecule has 2 aromatic carbocycles. The Morgan fingerprint density at radius 2 is 1.97 bits per heavy atom. The molecule has 0 unspecified atom stereocenters. The molecule has 0 saturated carbocycles. The molecule has 30 heavy (non-hydrogen) atoms. The number of aryl methyl sites for hydroxylation is 1. The SMILES string of the molecule is Cc1ccc2c(c1)-c1ncnn1Cc1c(-c3nc(Cc4ccccc4)no3)ncn1-2. The maximum Gasteiger partial charge on any atom is 0.278 e. The van der Waals surface area contributed by atoms with E-state index in [0.29, 0.717) is 30.4 Å². The van der Waals surface area contributed by atoms with Crippen LogP contribution in [0.5, 0.6) is 0 Å². The fraction of sp³-hybridized carbons (Fsp3) is 0.136. The van der Waals surface area contributed by atoms with Crippen molar-refractivity contribution >= 4 is 0 Å². The maximum atomic E-state index is 5.58. The van der Waals surface area contributed by atoms with Gasteiger partial charge in [-0.25, -0.2) is 14.6 Å². The number of fused-ring (bicyclic) bond motifs is 5. The quantitative estimate of drug-likeness (QED) is 0.456. The Morgan fingerprint density at radius 3 is 2.87 bits per heavy atom. The maximum absolute atomic E-state index is 5.58. The molecule has 0 N–H and O–H groups in total. The first-order valence-electron chi connectivity index (χ1n) is 9.68. The highest BCUT2D eigenvalue weighted by atomic mass is 16.5. The van der Waals surface area contributed by atoms with Crippen LogP contribution in [0.2, 0.25) is 0 Å². The third-order valence-electron chi connectivity index (χ3n) is 5.31. The zero-order valence-corrected chi connectivity index (χ0v) is 16.2. The molecule has 8 nitrogen and oxygen atoms in total. The minimum absolute atomic E-state index is 0.409. The molecule has 5 aromatic rings. The van der Waals surface area contributed by atoms with Gasteiger partial charge in [0.1, 0.15) is 12.7 Å². The van der Waals surface area contributed by atoms with Crippen LogP contribution in [0.3, 0.4) is 0 Å². The van der Waals surface area contributed by atoms with E-state index in [1.54, 1.807) is 12.7 Å². The van der Waals surface area contributed by atoms with Crippen molar-refractivity contribution in [1.29, 1.82) is 0 Å². The fourth-order valence-corrected chi connectivity index (χ4v) is 3.88. The predicted molar refractivity (Wildman–Crippen MR) is 109 cm³/mol. The van der Waals surface area contributed by atoms with E-state index in [-0.39, 0.29) is 0 Å². The Labute approximate surface area is 171 Å². The zero-order chi connectivity index (χ0) is 20.1. The molecule has 0 fully saturated rings. The predicted octanol–water partition coefficient (Wildman–Crippen LogP) is 3.44. The number of hydrogen-bond donors (Lipinski definition) is 0. The minimum atomic E-state index is 0.409. The number of nitrogens with zero attached hydrogens (tertiary/aromatic N) is 7. The van der Waals surface area contributed by atoms with Crippen LogP contribution in [-0.2, 0) is 13.0 Å². The van der Waals surface area contributed by atoms with Crippen molar-refractivity contribution in [3.8, 4) is 28.7 Å². The van der Waals surface area contributed by atoms with Crippen molar-refractivity contribution in [3.05, 3.63) is 83.8 Å². The van der Waals surface area contributed by atoms with Crippen molar-refractivity contribution in [2.45, 2.75) is 19.9 Å². The minimum Gasteiger partial charge on any atom is -0.332 e. The Hall–Kier alpha value is -4.07. The number of benzene rings is 2. The van der Waals surface area contributed by atoms with E-state index in [0.717, 1.165) is 33.9 Å². The van der Waals surface area contributed by atoms with Crippen molar-refractivity contribution in [2.75, 3.05) is 0 Å². The summed E-state index contributed by atoms with van der Waals surface area (Å²) in [6.45, 7) is 2.58. The van der Waals surface area contributed by atoms with Gasteiger partial charge in [0, 0.05) is 12.0 Å². The molecule has 146 valence electrons. The highest BCUT2D eigenvalue weighted by Crippen LogP contribution is 2.34. The van der Waals surface area contributed by atoms with E-state index in [2.05, 4.69) is 54.9 Å². The van der Waals surface area contributed by atoms with Gasteiger partial charge in [0.2, 0.25) is 0 Å². The van der Waals surface area contributed by atoms with E-state index in [9.17, 15) is 0 Å². The Balaban J connectivity index is 1.45. The topological polar surface area (TPSA) is 87.4 Å². The summed E-state index contributed by atoms with van der Waals surface area (Å²) < 4.78 is 9.52. The molecule has 0 bridgehead atoms. The molecule has 1 aliphatic rings. The van der Waals surface area contributed by atoms with Crippen molar-refractivity contribution in [3.63, 3.8) is 0 Å². The molecule has 0 saturated heterocycles. The molecule has 0 atom stereocenters. The lowest BCUT2D eigenvalue weighted by Crippen LogP contribution is -2.05. The van der Waals surface area contributed by atoms with E-state index < -0.39 is 0 Å². The first kappa shape index (κ1) is 16.8. The third-order valence-corrected chi connectivity index (χ3v) is 5.31. The first-order valence-corrected chi connectivity index (χ1v) is 9.68. The summed E-state index contributed by atoms with van der Waals surface area (Å²) in [5.41, 5.74) is 5.91. The summed E-state index contributed by atoms with van der Waals surface area (Å²) in [6.07, 6.45) is 3.99. The smallest absolute Gasteiger partial charge is 0.278 e. The van der Waals surface area contributed by atoms with E-state index in [4.69, 9.17) is 4.52 Å². The summed E-state index contributed by atoms with van der Waals surface area (Å²) in [5, 5.41) is 8.58. The van der Waals surface area contributed by atoms with E-state index >= 15 is 0 Å². The lowest BCUT2D eigenvalue weighted by Gasteiger charge is -2.09. The molecule has 0 aliphatic carbocycles. The molecule has 1 aliphatic heterocycles. The molecular formula is C22H17N7O. The normalized spacial score (nSPS) is 12.2. The van der Waals surface area contributed by atoms with Crippen LogP contribution in [0.4, 0.5) is 0 Å². The van der Waals surface area contributed by atoms with Crippen LogP contribution >= 0.6 is 0 Å². The largest absolute Gasteiger partial charge is 0.332 e. The van der Waals surface area contributed by atoms with Crippen molar-refractivity contribution in [1.82, 2.24) is 34.5 Å². The molecular weight excluding hydrogens is 378 g/mol. The van der Waals surface area contributed by atoms with Gasteiger partial charge in [-0.15, -0.1) is 0 Å².